The van der Waals surface area contributed by atoms with Gasteiger partial charge in [-0.2, -0.15) is 5.26 Å². The fourth-order valence-corrected chi connectivity index (χ4v) is 5.29. The van der Waals surface area contributed by atoms with E-state index in [4.69, 9.17) is 10.00 Å². The van der Waals surface area contributed by atoms with Gasteiger partial charge in [0.1, 0.15) is 0 Å². The number of fused-ring (bicyclic) bond motifs is 1. The maximum Gasteiger partial charge on any atom is 0.409 e. The Morgan fingerprint density at radius 3 is 2.39 bits per heavy atom. The van der Waals surface area contributed by atoms with Gasteiger partial charge in [-0.05, 0) is 78.1 Å². The molecular formula is C30H30N4O2. The number of allylic oxidation sites excluding steroid dienone is 1. The molecule has 1 saturated heterocycles. The fraction of sp³-hybridized carbons (Fsp3) is 0.267. The van der Waals surface area contributed by atoms with Crippen LogP contribution in [0.4, 0.5) is 16.2 Å². The SMILES string of the molecule is COC(=O)N1CCN(c2ccc(N3C=C(C)c4c(cccc4-c4ccc(C#N)cc4)C3)cc2)C[C@H]1C. The normalized spacial score (nSPS) is 17.2. The van der Waals surface area contributed by atoms with Crippen LogP contribution in [0.3, 0.4) is 0 Å². The van der Waals surface area contributed by atoms with E-state index in [2.05, 4.69) is 78.4 Å². The van der Waals surface area contributed by atoms with Crippen molar-refractivity contribution in [3.05, 3.63) is 89.6 Å². The quantitative estimate of drug-likeness (QED) is 0.470. The Hall–Kier alpha value is -4.24. The molecule has 3 aromatic rings. The molecule has 0 radical (unpaired) electrons. The number of nitriles is 1. The van der Waals surface area contributed by atoms with E-state index in [-0.39, 0.29) is 12.1 Å². The van der Waals surface area contributed by atoms with Gasteiger partial charge in [-0.1, -0.05) is 30.3 Å². The van der Waals surface area contributed by atoms with E-state index >= 15 is 0 Å². The smallest absolute Gasteiger partial charge is 0.409 e. The summed E-state index contributed by atoms with van der Waals surface area (Å²) >= 11 is 0. The average molecular weight is 479 g/mol. The third-order valence-corrected chi connectivity index (χ3v) is 7.14. The molecule has 0 aliphatic carbocycles. The molecule has 5 rings (SSSR count). The third kappa shape index (κ3) is 4.40. The van der Waals surface area contributed by atoms with Crippen LogP contribution in [0.2, 0.25) is 0 Å². The lowest BCUT2D eigenvalue weighted by molar-refractivity contribution is 0.103. The summed E-state index contributed by atoms with van der Waals surface area (Å²) in [6.45, 7) is 7.24. The van der Waals surface area contributed by atoms with Crippen LogP contribution in [0.25, 0.3) is 16.7 Å². The van der Waals surface area contributed by atoms with E-state index in [1.165, 1.54) is 29.4 Å². The lowest BCUT2D eigenvalue weighted by Gasteiger charge is -2.40. The Kier molecular flexibility index (Phi) is 6.39. The van der Waals surface area contributed by atoms with Crippen LogP contribution in [0.1, 0.15) is 30.5 Å². The van der Waals surface area contributed by atoms with Crippen LogP contribution in [0, 0.1) is 11.3 Å². The molecule has 1 fully saturated rings. The molecule has 6 heteroatoms. The van der Waals surface area contributed by atoms with Crippen LogP contribution in [-0.4, -0.2) is 43.8 Å². The second-order valence-corrected chi connectivity index (χ2v) is 9.44. The number of nitrogens with zero attached hydrogens (tertiary/aromatic N) is 4. The van der Waals surface area contributed by atoms with Gasteiger partial charge in [-0.3, -0.25) is 0 Å². The molecule has 0 N–H and O–H groups in total. The van der Waals surface area contributed by atoms with Crippen LogP contribution in [0.5, 0.6) is 0 Å². The lowest BCUT2D eigenvalue weighted by Crippen LogP contribution is -2.54. The van der Waals surface area contributed by atoms with Crippen molar-refractivity contribution in [3.63, 3.8) is 0 Å². The summed E-state index contributed by atoms with van der Waals surface area (Å²) in [5.74, 6) is 0. The highest BCUT2D eigenvalue weighted by atomic mass is 16.5. The molecule has 1 atom stereocenters. The number of carbonyl (C=O) groups excluding carboxylic acids is 1. The maximum absolute atomic E-state index is 11.9. The van der Waals surface area contributed by atoms with Gasteiger partial charge >= 0.3 is 6.09 Å². The summed E-state index contributed by atoms with van der Waals surface area (Å²) in [5, 5.41) is 9.13. The van der Waals surface area contributed by atoms with Gasteiger partial charge in [-0.15, -0.1) is 0 Å². The van der Waals surface area contributed by atoms with Crippen molar-refractivity contribution in [1.29, 1.82) is 5.26 Å². The number of hydrogen-bond acceptors (Lipinski definition) is 5. The van der Waals surface area contributed by atoms with Crippen LogP contribution < -0.4 is 9.80 Å². The summed E-state index contributed by atoms with van der Waals surface area (Å²) in [6.07, 6.45) is 1.97. The Morgan fingerprint density at radius 1 is 1.00 bits per heavy atom. The van der Waals surface area contributed by atoms with Gasteiger partial charge in [-0.25, -0.2) is 4.79 Å². The third-order valence-electron chi connectivity index (χ3n) is 7.14. The van der Waals surface area contributed by atoms with Crippen molar-refractivity contribution in [3.8, 4) is 17.2 Å². The van der Waals surface area contributed by atoms with Crippen LogP contribution >= 0.6 is 0 Å². The number of hydrogen-bond donors (Lipinski definition) is 0. The van der Waals surface area contributed by atoms with Crippen LogP contribution in [-0.2, 0) is 11.3 Å². The second-order valence-electron chi connectivity index (χ2n) is 9.44. The standard InChI is InChI=1S/C30H30N4O2/c1-21-18-33(20-25-5-4-6-28(29(21)25)24-9-7-23(17-31)8-10-24)27-13-11-26(12-14-27)32-15-16-34(22(2)19-32)30(35)36-3/h4-14,18,22H,15-16,19-20H2,1-3H3/t22-/m1/s1. The van der Waals surface area contributed by atoms with Gasteiger partial charge < -0.3 is 19.4 Å². The Morgan fingerprint density at radius 2 is 1.72 bits per heavy atom. The van der Waals surface area contributed by atoms with Gasteiger partial charge in [0.15, 0.2) is 0 Å². The molecule has 1 amide bonds. The molecule has 0 unspecified atom stereocenters. The van der Waals surface area contributed by atoms with Crippen molar-refractivity contribution in [2.75, 3.05) is 36.5 Å². The Labute approximate surface area is 212 Å². The van der Waals surface area contributed by atoms with Gasteiger partial charge in [0, 0.05) is 49.8 Å². The zero-order chi connectivity index (χ0) is 25.2. The first kappa shape index (κ1) is 23.5. The number of ether oxygens (including phenoxy) is 1. The molecule has 2 heterocycles. The van der Waals surface area contributed by atoms with Crippen molar-refractivity contribution < 1.29 is 9.53 Å². The Bertz CT molecular complexity index is 1340. The Balaban J connectivity index is 1.34. The second kappa shape index (κ2) is 9.79. The van der Waals surface area contributed by atoms with E-state index in [1.807, 2.05) is 24.3 Å². The monoisotopic (exact) mass is 478 g/mol. The largest absolute Gasteiger partial charge is 0.453 e. The zero-order valence-corrected chi connectivity index (χ0v) is 20.9. The summed E-state index contributed by atoms with van der Waals surface area (Å²) in [5.41, 5.74) is 9.07. The molecule has 2 aliphatic heterocycles. The van der Waals surface area contributed by atoms with E-state index in [9.17, 15) is 4.79 Å². The molecule has 3 aromatic carbocycles. The van der Waals surface area contributed by atoms with E-state index in [0.29, 0.717) is 12.1 Å². The fourth-order valence-electron chi connectivity index (χ4n) is 5.29. The molecule has 6 nitrogen and oxygen atoms in total. The molecule has 0 spiro atoms. The van der Waals surface area contributed by atoms with E-state index in [0.717, 1.165) is 36.6 Å². The predicted molar refractivity (Wildman–Crippen MR) is 144 cm³/mol. The highest BCUT2D eigenvalue weighted by Gasteiger charge is 2.28. The summed E-state index contributed by atoms with van der Waals surface area (Å²) in [4.78, 5) is 18.3. The van der Waals surface area contributed by atoms with Crippen molar-refractivity contribution in [2.45, 2.75) is 26.4 Å². The molecule has 0 saturated carbocycles. The summed E-state index contributed by atoms with van der Waals surface area (Å²) in [6, 6.07) is 25.2. The topological polar surface area (TPSA) is 59.8 Å². The highest BCUT2D eigenvalue weighted by Crippen LogP contribution is 2.37. The summed E-state index contributed by atoms with van der Waals surface area (Å²) in [7, 11) is 1.43. The van der Waals surface area contributed by atoms with Crippen molar-refractivity contribution in [2.24, 2.45) is 0 Å². The molecular weight excluding hydrogens is 448 g/mol. The summed E-state index contributed by atoms with van der Waals surface area (Å²) < 4.78 is 4.91. The first-order valence-corrected chi connectivity index (χ1v) is 12.3. The maximum atomic E-state index is 11.9. The molecule has 0 aromatic heterocycles. The minimum absolute atomic E-state index is 0.0976. The number of anilines is 2. The number of piperazine rings is 1. The molecule has 36 heavy (non-hydrogen) atoms. The minimum Gasteiger partial charge on any atom is -0.453 e. The number of amides is 1. The lowest BCUT2D eigenvalue weighted by atomic mass is 9.89. The minimum atomic E-state index is -0.257. The number of rotatable bonds is 3. The van der Waals surface area contributed by atoms with E-state index in [1.54, 1.807) is 4.90 Å². The molecule has 182 valence electrons. The van der Waals surface area contributed by atoms with Crippen molar-refractivity contribution >= 4 is 23.0 Å². The molecule has 2 aliphatic rings. The van der Waals surface area contributed by atoms with Gasteiger partial charge in [0.2, 0.25) is 0 Å². The molecule has 0 bridgehead atoms. The first-order valence-electron chi connectivity index (χ1n) is 12.3. The van der Waals surface area contributed by atoms with Crippen molar-refractivity contribution in [1.82, 2.24) is 4.90 Å². The van der Waals surface area contributed by atoms with Crippen LogP contribution in [0.15, 0.2) is 72.9 Å². The zero-order valence-electron chi connectivity index (χ0n) is 20.9. The predicted octanol–water partition coefficient (Wildman–Crippen LogP) is 5.88. The van der Waals surface area contributed by atoms with E-state index < -0.39 is 0 Å². The highest BCUT2D eigenvalue weighted by molar-refractivity contribution is 5.85. The van der Waals surface area contributed by atoms with Gasteiger partial charge in [0.05, 0.1) is 18.7 Å². The number of benzene rings is 3. The first-order chi connectivity index (χ1) is 17.5. The number of carbonyl (C=O) groups is 1. The average Bonchev–Trinajstić information content (AvgIpc) is 2.92. The van der Waals surface area contributed by atoms with Gasteiger partial charge in [0.25, 0.3) is 0 Å². The number of methoxy groups -OCH3 is 1.